The highest BCUT2D eigenvalue weighted by molar-refractivity contribution is 7.99. The Bertz CT molecular complexity index is 1260. The van der Waals surface area contributed by atoms with Gasteiger partial charge in [0.25, 0.3) is 0 Å². The molecule has 4 aliphatic rings. The second-order valence-corrected chi connectivity index (χ2v) is 16.0. The Labute approximate surface area is 269 Å². The Kier molecular flexibility index (Phi) is 10.0. The smallest absolute Gasteiger partial charge is 0.316 e. The molecule has 1 amide bonds. The van der Waals surface area contributed by atoms with Crippen molar-refractivity contribution in [1.29, 1.82) is 0 Å². The molecule has 0 spiro atoms. The number of anilines is 1. The maximum Gasteiger partial charge on any atom is 0.316 e. The quantitative estimate of drug-likeness (QED) is 0.245. The van der Waals surface area contributed by atoms with Crippen LogP contribution in [-0.2, 0) is 24.9 Å². The van der Waals surface area contributed by atoms with E-state index in [2.05, 4.69) is 37.7 Å². The number of aliphatic hydroxyl groups is 2. The maximum absolute atomic E-state index is 13.6. The number of thioether (sulfide) groups is 1. The highest BCUT2D eigenvalue weighted by Gasteiger charge is 2.68. The molecule has 2 heterocycles. The average molecular weight is 648 g/mol. The van der Waals surface area contributed by atoms with Gasteiger partial charge in [-0.25, -0.2) is 4.98 Å². The number of aromatic nitrogens is 1. The molecule has 11 heteroatoms. The van der Waals surface area contributed by atoms with Gasteiger partial charge < -0.3 is 20.3 Å². The molecule has 1 aromatic heterocycles. The average Bonchev–Trinajstić information content (AvgIpc) is 3.73. The van der Waals surface area contributed by atoms with Gasteiger partial charge in [0, 0.05) is 40.3 Å². The summed E-state index contributed by atoms with van der Waals surface area (Å²) in [6, 6.07) is 0.0375. The number of rotatable bonds is 10. The van der Waals surface area contributed by atoms with E-state index in [1.54, 1.807) is 0 Å². The van der Waals surface area contributed by atoms with Crippen LogP contribution < -0.4 is 5.32 Å². The minimum atomic E-state index is -0.687. The number of ether oxygens (including phenoxy) is 1. The van der Waals surface area contributed by atoms with Crippen molar-refractivity contribution < 1.29 is 29.3 Å². The monoisotopic (exact) mass is 647 g/mol. The summed E-state index contributed by atoms with van der Waals surface area (Å²) in [6.45, 7) is 13.6. The zero-order valence-electron chi connectivity index (χ0n) is 26.5. The Morgan fingerprint density at radius 3 is 2.80 bits per heavy atom. The van der Waals surface area contributed by atoms with Gasteiger partial charge in [0.15, 0.2) is 5.13 Å². The van der Waals surface area contributed by atoms with Crippen LogP contribution in [0, 0.1) is 34.0 Å². The molecule has 0 radical (unpaired) electrons. The minimum Gasteiger partial charge on any atom is -0.461 e. The van der Waals surface area contributed by atoms with Crippen molar-refractivity contribution in [2.45, 2.75) is 96.6 Å². The van der Waals surface area contributed by atoms with Crippen molar-refractivity contribution in [2.75, 3.05) is 30.8 Å². The van der Waals surface area contributed by atoms with E-state index in [1.807, 2.05) is 23.3 Å². The summed E-state index contributed by atoms with van der Waals surface area (Å²) in [5.74, 6) is 0.261. The Morgan fingerprint density at radius 1 is 1.30 bits per heavy atom. The molecular formula is C33H49N3O6S2. The highest BCUT2D eigenvalue weighted by Crippen LogP contribution is 2.68. The van der Waals surface area contributed by atoms with Crippen LogP contribution in [0.3, 0.4) is 0 Å². The van der Waals surface area contributed by atoms with Gasteiger partial charge in [-0.15, -0.1) is 29.7 Å². The largest absolute Gasteiger partial charge is 0.461 e. The summed E-state index contributed by atoms with van der Waals surface area (Å²) < 4.78 is 6.33. The number of nitrogens with one attached hydrogen (secondary N) is 1. The van der Waals surface area contributed by atoms with Crippen LogP contribution in [0.25, 0.3) is 0 Å². The number of ketones is 1. The fraction of sp³-hybridized carbons (Fsp3) is 0.758. The summed E-state index contributed by atoms with van der Waals surface area (Å²) >= 11 is 2.76. The van der Waals surface area contributed by atoms with Gasteiger partial charge in [-0.2, -0.15) is 0 Å². The fourth-order valence-corrected chi connectivity index (χ4v) is 10.5. The number of hydrogen-bond donors (Lipinski definition) is 3. The van der Waals surface area contributed by atoms with E-state index in [0.29, 0.717) is 23.7 Å². The zero-order valence-corrected chi connectivity index (χ0v) is 28.2. The van der Waals surface area contributed by atoms with Crippen molar-refractivity contribution in [1.82, 2.24) is 9.88 Å². The lowest BCUT2D eigenvalue weighted by Crippen LogP contribution is -2.63. The Balaban J connectivity index is 1.22. The van der Waals surface area contributed by atoms with E-state index < -0.39 is 23.0 Å². The van der Waals surface area contributed by atoms with Crippen LogP contribution in [0.1, 0.15) is 78.3 Å². The SMILES string of the molecule is C=C[C@]1(C)C[C@@H](OC(=O)CSCc2csc(NC(=O)CN3CCC[C@H]3CO)n2)[C@]2(C)[C@H](C)CC[C@]3(CCC(=O)[C@H]32)[C@@H](C)[C@@H]1O. The third kappa shape index (κ3) is 6.04. The van der Waals surface area contributed by atoms with Gasteiger partial charge in [-0.05, 0) is 62.3 Å². The number of carbonyl (C=O) groups is 3. The molecule has 9 atom stereocenters. The molecule has 1 aromatic rings. The molecule has 3 aliphatic carbocycles. The van der Waals surface area contributed by atoms with Gasteiger partial charge in [0.2, 0.25) is 5.91 Å². The number of thiazole rings is 1. The van der Waals surface area contributed by atoms with Crippen molar-refractivity contribution in [3.8, 4) is 0 Å². The topological polar surface area (TPSA) is 129 Å². The number of esters is 1. The van der Waals surface area contributed by atoms with Crippen LogP contribution in [0.4, 0.5) is 5.13 Å². The van der Waals surface area contributed by atoms with Gasteiger partial charge in [-0.1, -0.05) is 33.8 Å². The van der Waals surface area contributed by atoms with Crippen molar-refractivity contribution in [3.05, 3.63) is 23.7 Å². The molecule has 44 heavy (non-hydrogen) atoms. The van der Waals surface area contributed by atoms with Crippen molar-refractivity contribution in [3.63, 3.8) is 0 Å². The normalized spacial score (nSPS) is 38.9. The number of Topliss-reactive ketones (excluding diaryl/α,β-unsaturated/α-hetero) is 1. The number of amides is 1. The highest BCUT2D eigenvalue weighted by atomic mass is 32.2. The van der Waals surface area contributed by atoms with E-state index in [-0.39, 0.29) is 65.8 Å². The molecule has 4 fully saturated rings. The fourth-order valence-electron chi connectivity index (χ4n) is 9.02. The standard InChI is InChI=1S/C33H49N3O6S2/c1-6-31(4)14-25(32(5)20(2)9-11-33(21(3)29(31)41)12-10-24(38)28(32)33)42-27(40)19-43-17-22-18-44-30(34-22)35-26(39)15-36-13-7-8-23(36)16-37/h6,18,20-21,23,25,28-29,37,41H,1,7-17,19H2,2-5H3,(H,34,35,39)/t20-,21+,23+,25-,28+,29+,31-,32+,33+/m1/s1. The van der Waals surface area contributed by atoms with Gasteiger partial charge >= 0.3 is 5.97 Å². The Morgan fingerprint density at radius 2 is 2.07 bits per heavy atom. The second-order valence-electron chi connectivity index (χ2n) is 14.2. The molecule has 1 aliphatic heterocycles. The first-order valence-electron chi connectivity index (χ1n) is 16.1. The van der Waals surface area contributed by atoms with Crippen LogP contribution in [0.5, 0.6) is 0 Å². The molecular weight excluding hydrogens is 599 g/mol. The van der Waals surface area contributed by atoms with Crippen LogP contribution >= 0.6 is 23.1 Å². The molecule has 1 saturated heterocycles. The van der Waals surface area contributed by atoms with E-state index in [0.717, 1.165) is 44.3 Å². The summed E-state index contributed by atoms with van der Waals surface area (Å²) in [5, 5.41) is 26.4. The maximum atomic E-state index is 13.6. The first kappa shape index (κ1) is 33.6. The predicted octanol–water partition coefficient (Wildman–Crippen LogP) is 4.68. The molecule has 2 bridgehead atoms. The molecule has 244 valence electrons. The molecule has 3 saturated carbocycles. The summed E-state index contributed by atoms with van der Waals surface area (Å²) in [6.07, 6.45) is 6.04. The van der Waals surface area contributed by atoms with Gasteiger partial charge in [0.05, 0.1) is 30.7 Å². The molecule has 0 aromatic carbocycles. The van der Waals surface area contributed by atoms with Crippen molar-refractivity contribution in [2.24, 2.45) is 34.0 Å². The van der Waals surface area contributed by atoms with Gasteiger partial charge in [0.1, 0.15) is 11.9 Å². The summed E-state index contributed by atoms with van der Waals surface area (Å²) in [7, 11) is 0. The first-order chi connectivity index (χ1) is 20.9. The number of carbonyl (C=O) groups excluding carboxylic acids is 3. The lowest BCUT2D eigenvalue weighted by Gasteiger charge is -2.61. The third-order valence-corrected chi connectivity index (χ3v) is 13.6. The number of likely N-dealkylation sites (tertiary alicyclic amines) is 1. The lowest BCUT2D eigenvalue weighted by atomic mass is 9.44. The van der Waals surface area contributed by atoms with E-state index in [1.165, 1.54) is 23.1 Å². The van der Waals surface area contributed by atoms with Crippen LogP contribution in [0.15, 0.2) is 18.0 Å². The zero-order chi connectivity index (χ0) is 31.9. The number of nitrogens with zero attached hydrogens (tertiary/aromatic N) is 2. The predicted molar refractivity (Wildman–Crippen MR) is 173 cm³/mol. The van der Waals surface area contributed by atoms with Crippen LogP contribution in [-0.4, -0.2) is 81.5 Å². The number of hydrogen-bond acceptors (Lipinski definition) is 10. The van der Waals surface area contributed by atoms with E-state index in [9.17, 15) is 24.6 Å². The van der Waals surface area contributed by atoms with Crippen molar-refractivity contribution >= 4 is 45.9 Å². The van der Waals surface area contributed by atoms with Crippen LogP contribution in [0.2, 0.25) is 0 Å². The van der Waals surface area contributed by atoms with E-state index >= 15 is 0 Å². The third-order valence-electron chi connectivity index (χ3n) is 11.9. The summed E-state index contributed by atoms with van der Waals surface area (Å²) in [4.78, 5) is 46.0. The summed E-state index contributed by atoms with van der Waals surface area (Å²) in [5.41, 5.74) is -0.712. The van der Waals surface area contributed by atoms with E-state index in [4.69, 9.17) is 4.74 Å². The minimum absolute atomic E-state index is 0.0375. The molecule has 3 N–H and O–H groups in total. The molecule has 9 nitrogen and oxygen atoms in total. The molecule has 5 rings (SSSR count). The number of aliphatic hydroxyl groups excluding tert-OH is 2. The first-order valence-corrected chi connectivity index (χ1v) is 18.1. The molecule has 0 unspecified atom stereocenters. The second kappa shape index (κ2) is 13.1. The lowest BCUT2D eigenvalue weighted by molar-refractivity contribution is -0.205. The van der Waals surface area contributed by atoms with Gasteiger partial charge in [-0.3, -0.25) is 19.3 Å². The Hall–Kier alpha value is -1.79.